The van der Waals surface area contributed by atoms with Crippen LogP contribution in [0.25, 0.3) is 0 Å². The maximum Gasteiger partial charge on any atom is 0.255 e. The van der Waals surface area contributed by atoms with Crippen molar-refractivity contribution in [2.45, 2.75) is 29.7 Å². The molecule has 0 atom stereocenters. The minimum atomic E-state index is -3.84. The van der Waals surface area contributed by atoms with Gasteiger partial charge in [0, 0.05) is 15.5 Å². The molecule has 28 heavy (non-hydrogen) atoms. The summed E-state index contributed by atoms with van der Waals surface area (Å²) in [5.41, 5.74) is 1.36. The van der Waals surface area contributed by atoms with Crippen LogP contribution < -0.4 is 14.8 Å². The van der Waals surface area contributed by atoms with E-state index >= 15 is 0 Å². The van der Waals surface area contributed by atoms with Gasteiger partial charge in [-0.15, -0.1) is 0 Å². The zero-order chi connectivity index (χ0) is 19.9. The highest BCUT2D eigenvalue weighted by atomic mass is 79.9. The Bertz CT molecular complexity index is 1020. The molecule has 9 heteroatoms. The van der Waals surface area contributed by atoms with Crippen molar-refractivity contribution in [3.63, 3.8) is 0 Å². The van der Waals surface area contributed by atoms with E-state index in [0.29, 0.717) is 34.8 Å². The summed E-state index contributed by atoms with van der Waals surface area (Å²) in [6.07, 6.45) is 1.41. The van der Waals surface area contributed by atoms with Crippen LogP contribution in [-0.2, 0) is 10.0 Å². The van der Waals surface area contributed by atoms with Crippen LogP contribution in [0.5, 0.6) is 5.75 Å². The molecule has 1 fully saturated rings. The molecule has 1 saturated carbocycles. The standard InChI is InChI=1S/C19H18BrClN2O4S/c20-13-9-16-18(27-6-5-22-19(16)24)17(10-13)28(25,26)23-15-7-12(8-15)11-1-3-14(21)4-2-11/h1-4,9-10,12,15,23H,5-8H2,(H,22,24). The average molecular weight is 486 g/mol. The Morgan fingerprint density at radius 2 is 1.89 bits per heavy atom. The van der Waals surface area contributed by atoms with E-state index in [-0.39, 0.29) is 34.8 Å². The number of fused-ring (bicyclic) bond motifs is 1. The summed E-state index contributed by atoms with van der Waals surface area (Å²) in [4.78, 5) is 12.2. The largest absolute Gasteiger partial charge is 0.489 e. The summed E-state index contributed by atoms with van der Waals surface area (Å²) in [5.74, 6) is 0.0441. The van der Waals surface area contributed by atoms with Gasteiger partial charge < -0.3 is 10.1 Å². The molecule has 1 amide bonds. The van der Waals surface area contributed by atoms with Gasteiger partial charge in [-0.1, -0.05) is 39.7 Å². The zero-order valence-corrected chi connectivity index (χ0v) is 17.9. The lowest BCUT2D eigenvalue weighted by Gasteiger charge is -2.36. The molecule has 4 rings (SSSR count). The van der Waals surface area contributed by atoms with Crippen LogP contribution in [-0.4, -0.2) is 33.5 Å². The van der Waals surface area contributed by atoms with Crippen molar-refractivity contribution in [2.75, 3.05) is 13.2 Å². The molecule has 0 aromatic heterocycles. The second-order valence-corrected chi connectivity index (χ2v) is 9.96. The maximum atomic E-state index is 13.0. The Morgan fingerprint density at radius 1 is 1.18 bits per heavy atom. The van der Waals surface area contributed by atoms with Crippen molar-refractivity contribution in [3.8, 4) is 5.75 Å². The Morgan fingerprint density at radius 3 is 2.61 bits per heavy atom. The highest BCUT2D eigenvalue weighted by Gasteiger charge is 2.35. The van der Waals surface area contributed by atoms with E-state index in [1.807, 2.05) is 24.3 Å². The van der Waals surface area contributed by atoms with Crippen molar-refractivity contribution in [1.29, 1.82) is 0 Å². The fraction of sp³-hybridized carbons (Fsp3) is 0.316. The number of nitrogens with one attached hydrogen (secondary N) is 2. The van der Waals surface area contributed by atoms with Gasteiger partial charge in [0.2, 0.25) is 10.0 Å². The lowest BCUT2D eigenvalue weighted by atomic mass is 9.76. The number of hydrogen-bond donors (Lipinski definition) is 2. The van der Waals surface area contributed by atoms with Crippen LogP contribution in [0.1, 0.15) is 34.7 Å². The van der Waals surface area contributed by atoms with E-state index in [0.717, 1.165) is 5.56 Å². The predicted octanol–water partition coefficient (Wildman–Crippen LogP) is 3.45. The number of hydrogen-bond acceptors (Lipinski definition) is 4. The highest BCUT2D eigenvalue weighted by Crippen LogP contribution is 2.39. The molecule has 148 valence electrons. The highest BCUT2D eigenvalue weighted by molar-refractivity contribution is 9.10. The average Bonchev–Trinajstić information content (AvgIpc) is 2.80. The first kappa shape index (κ1) is 19.7. The monoisotopic (exact) mass is 484 g/mol. The summed E-state index contributed by atoms with van der Waals surface area (Å²) < 4.78 is 34.8. The Labute approximate surface area is 176 Å². The first-order valence-electron chi connectivity index (χ1n) is 8.86. The Balaban J connectivity index is 1.53. The maximum absolute atomic E-state index is 13.0. The Hall–Kier alpha value is -1.61. The number of amides is 1. The number of sulfonamides is 1. The minimum absolute atomic E-state index is 0.0242. The van der Waals surface area contributed by atoms with Gasteiger partial charge in [0.05, 0.1) is 12.1 Å². The normalized spacial score (nSPS) is 21.7. The molecule has 0 spiro atoms. The third-order valence-electron chi connectivity index (χ3n) is 4.99. The quantitative estimate of drug-likeness (QED) is 0.695. The van der Waals surface area contributed by atoms with Gasteiger partial charge in [-0.3, -0.25) is 4.79 Å². The van der Waals surface area contributed by atoms with Crippen molar-refractivity contribution in [2.24, 2.45) is 0 Å². The summed E-state index contributed by atoms with van der Waals surface area (Å²) in [5, 5.41) is 3.37. The lowest BCUT2D eigenvalue weighted by Crippen LogP contribution is -2.43. The van der Waals surface area contributed by atoms with E-state index in [2.05, 4.69) is 26.0 Å². The number of rotatable bonds is 4. The number of benzene rings is 2. The fourth-order valence-electron chi connectivity index (χ4n) is 3.50. The number of carbonyl (C=O) groups is 1. The summed E-state index contributed by atoms with van der Waals surface area (Å²) in [6, 6.07) is 10.5. The topological polar surface area (TPSA) is 84.5 Å². The summed E-state index contributed by atoms with van der Waals surface area (Å²) >= 11 is 9.21. The van der Waals surface area contributed by atoms with Crippen molar-refractivity contribution >= 4 is 43.5 Å². The van der Waals surface area contributed by atoms with E-state index < -0.39 is 10.0 Å². The first-order valence-corrected chi connectivity index (χ1v) is 11.5. The molecule has 0 bridgehead atoms. The molecule has 2 aliphatic rings. The van der Waals surface area contributed by atoms with Crippen LogP contribution in [0.15, 0.2) is 45.8 Å². The second-order valence-electron chi connectivity index (χ2n) is 6.92. The van der Waals surface area contributed by atoms with Crippen LogP contribution in [0.3, 0.4) is 0 Å². The fourth-order valence-corrected chi connectivity index (χ4v) is 5.69. The third kappa shape index (κ3) is 3.91. The molecule has 6 nitrogen and oxygen atoms in total. The van der Waals surface area contributed by atoms with Gasteiger partial charge in [0.1, 0.15) is 11.5 Å². The molecule has 0 saturated heterocycles. The van der Waals surface area contributed by atoms with Crippen molar-refractivity contribution in [3.05, 3.63) is 57.0 Å². The third-order valence-corrected chi connectivity index (χ3v) is 7.22. The number of ether oxygens (including phenoxy) is 1. The molecule has 2 aromatic rings. The van der Waals surface area contributed by atoms with Crippen molar-refractivity contribution < 1.29 is 17.9 Å². The predicted molar refractivity (Wildman–Crippen MR) is 110 cm³/mol. The molecule has 0 unspecified atom stereocenters. The number of halogens is 2. The van der Waals surface area contributed by atoms with Gasteiger partial charge >= 0.3 is 0 Å². The van der Waals surface area contributed by atoms with Gasteiger partial charge in [-0.2, -0.15) is 0 Å². The summed E-state index contributed by atoms with van der Waals surface area (Å²) in [7, 11) is -3.84. The SMILES string of the molecule is O=C1NCCOc2c1cc(Br)cc2S(=O)(=O)NC1CC(c2ccc(Cl)cc2)C1. The van der Waals surface area contributed by atoms with E-state index in [1.54, 1.807) is 6.07 Å². The van der Waals surface area contributed by atoms with Gasteiger partial charge in [-0.25, -0.2) is 13.1 Å². The molecule has 2 aromatic carbocycles. The molecule has 1 heterocycles. The smallest absolute Gasteiger partial charge is 0.255 e. The van der Waals surface area contributed by atoms with Crippen LogP contribution in [0, 0.1) is 0 Å². The van der Waals surface area contributed by atoms with E-state index in [9.17, 15) is 13.2 Å². The van der Waals surface area contributed by atoms with E-state index in [1.165, 1.54) is 6.07 Å². The number of carbonyl (C=O) groups excluding carboxylic acids is 1. The lowest BCUT2D eigenvalue weighted by molar-refractivity contribution is 0.0957. The van der Waals surface area contributed by atoms with Crippen LogP contribution in [0.2, 0.25) is 5.02 Å². The molecular weight excluding hydrogens is 468 g/mol. The van der Waals surface area contributed by atoms with Crippen LogP contribution in [0.4, 0.5) is 0 Å². The van der Waals surface area contributed by atoms with Gasteiger partial charge in [-0.05, 0) is 48.6 Å². The molecule has 2 N–H and O–H groups in total. The minimum Gasteiger partial charge on any atom is -0.489 e. The first-order chi connectivity index (χ1) is 13.3. The van der Waals surface area contributed by atoms with Crippen LogP contribution >= 0.6 is 27.5 Å². The van der Waals surface area contributed by atoms with E-state index in [4.69, 9.17) is 16.3 Å². The summed E-state index contributed by atoms with van der Waals surface area (Å²) in [6.45, 7) is 0.536. The molecular formula is C19H18BrClN2O4S. The molecule has 1 aliphatic carbocycles. The van der Waals surface area contributed by atoms with Gasteiger partial charge in [0.25, 0.3) is 5.91 Å². The second kappa shape index (κ2) is 7.67. The Kier molecular flexibility index (Phi) is 5.39. The molecule has 1 aliphatic heterocycles. The zero-order valence-electron chi connectivity index (χ0n) is 14.7. The molecule has 0 radical (unpaired) electrons. The van der Waals surface area contributed by atoms with Crippen molar-refractivity contribution in [1.82, 2.24) is 10.0 Å². The van der Waals surface area contributed by atoms with Gasteiger partial charge in [0.15, 0.2) is 5.75 Å².